The minimum atomic E-state index is -0.273. The van der Waals surface area contributed by atoms with Crippen molar-refractivity contribution in [2.45, 2.75) is 66.8 Å². The average Bonchev–Trinajstić information content (AvgIpc) is 2.95. The fourth-order valence-corrected chi connectivity index (χ4v) is 4.25. The second-order valence-corrected chi connectivity index (χ2v) is 9.57. The van der Waals surface area contributed by atoms with Crippen molar-refractivity contribution in [1.82, 2.24) is 19.4 Å². The van der Waals surface area contributed by atoms with Crippen LogP contribution in [0.1, 0.15) is 66.8 Å². The number of anilines is 3. The lowest BCUT2D eigenvalue weighted by Crippen LogP contribution is -2.31. The van der Waals surface area contributed by atoms with Crippen molar-refractivity contribution in [2.24, 2.45) is 0 Å². The van der Waals surface area contributed by atoms with Crippen molar-refractivity contribution in [3.63, 3.8) is 0 Å². The number of carbonyl (C=O) groups is 1. The van der Waals surface area contributed by atoms with Crippen LogP contribution >= 0.6 is 11.6 Å². The van der Waals surface area contributed by atoms with Crippen molar-refractivity contribution >= 4 is 45.9 Å². The first-order chi connectivity index (χ1) is 18.7. The molecule has 0 aliphatic carbocycles. The van der Waals surface area contributed by atoms with Gasteiger partial charge in [0.25, 0.3) is 11.5 Å². The Morgan fingerprint density at radius 1 is 1.10 bits per heavy atom. The molecule has 1 aromatic carbocycles. The van der Waals surface area contributed by atoms with Crippen LogP contribution in [0.15, 0.2) is 35.3 Å². The van der Waals surface area contributed by atoms with Crippen LogP contribution in [0.25, 0.3) is 10.9 Å². The van der Waals surface area contributed by atoms with Crippen LogP contribution in [0.4, 0.5) is 17.5 Å². The number of piperidine rings is 1. The maximum Gasteiger partial charge on any atom is 0.293 e. The van der Waals surface area contributed by atoms with Gasteiger partial charge in [-0.05, 0) is 57.4 Å². The molecule has 0 unspecified atom stereocenters. The molecule has 1 N–H and O–H groups in total. The number of nitrogens with zero attached hydrogens (tertiary/aromatic N) is 5. The highest BCUT2D eigenvalue weighted by atomic mass is 35.5. The number of hydrogen-bond acceptors (Lipinski definition) is 7. The number of rotatable bonds is 7. The van der Waals surface area contributed by atoms with Crippen LogP contribution < -0.4 is 20.5 Å². The van der Waals surface area contributed by atoms with Crippen LogP contribution in [0, 0.1) is 0 Å². The molecule has 3 heterocycles. The molecule has 0 bridgehead atoms. The lowest BCUT2D eigenvalue weighted by atomic mass is 10.1. The van der Waals surface area contributed by atoms with Gasteiger partial charge in [-0.15, -0.1) is 0 Å². The Bertz CT molecular complexity index is 1290. The third kappa shape index (κ3) is 8.08. The number of benzene rings is 1. The monoisotopic (exact) mass is 558 g/mol. The fraction of sp³-hybridized carbons (Fsp3) is 0.517. The predicted octanol–water partition coefficient (Wildman–Crippen LogP) is 6.28. The van der Waals surface area contributed by atoms with Gasteiger partial charge in [0.2, 0.25) is 5.95 Å². The Morgan fingerprint density at radius 3 is 2.38 bits per heavy atom. The first-order valence-corrected chi connectivity index (χ1v) is 14.2. The van der Waals surface area contributed by atoms with Crippen molar-refractivity contribution in [3.8, 4) is 5.75 Å². The number of hydrogen-bond donors (Lipinski definition) is 1. The molecule has 214 valence electrons. The van der Waals surface area contributed by atoms with Gasteiger partial charge >= 0.3 is 0 Å². The Morgan fingerprint density at radius 2 is 1.77 bits per heavy atom. The summed E-state index contributed by atoms with van der Waals surface area (Å²) in [7, 11) is 3.29. The lowest BCUT2D eigenvalue weighted by Gasteiger charge is -2.27. The maximum absolute atomic E-state index is 13.1. The van der Waals surface area contributed by atoms with E-state index in [0.29, 0.717) is 16.8 Å². The van der Waals surface area contributed by atoms with E-state index in [2.05, 4.69) is 20.2 Å². The summed E-state index contributed by atoms with van der Waals surface area (Å²) in [6.45, 7) is 13.5. The van der Waals surface area contributed by atoms with Crippen molar-refractivity contribution < 1.29 is 9.53 Å². The zero-order valence-electron chi connectivity index (χ0n) is 24.5. The molecular formula is C29H43ClN6O3. The summed E-state index contributed by atoms with van der Waals surface area (Å²) in [4.78, 5) is 37.7. The summed E-state index contributed by atoms with van der Waals surface area (Å²) in [6, 6.07) is 7.25. The second-order valence-electron chi connectivity index (χ2n) is 9.17. The van der Waals surface area contributed by atoms with Crippen LogP contribution in [-0.2, 0) is 4.79 Å². The Labute approximate surface area is 237 Å². The van der Waals surface area contributed by atoms with Gasteiger partial charge in [0, 0.05) is 44.3 Å². The lowest BCUT2D eigenvalue weighted by molar-refractivity contribution is -0.130. The molecule has 2 aromatic heterocycles. The fourth-order valence-electron chi connectivity index (χ4n) is 4.11. The van der Waals surface area contributed by atoms with Crippen molar-refractivity contribution in [2.75, 3.05) is 44.0 Å². The molecular weight excluding hydrogens is 516 g/mol. The van der Waals surface area contributed by atoms with E-state index >= 15 is 0 Å². The number of amides is 1. The van der Waals surface area contributed by atoms with Gasteiger partial charge in [-0.25, -0.2) is 4.98 Å². The third-order valence-corrected chi connectivity index (χ3v) is 6.28. The molecule has 0 radical (unpaired) electrons. The molecule has 10 heteroatoms. The van der Waals surface area contributed by atoms with Gasteiger partial charge in [0.15, 0.2) is 18.2 Å². The van der Waals surface area contributed by atoms with Crippen molar-refractivity contribution in [1.29, 1.82) is 0 Å². The number of halogens is 1. The van der Waals surface area contributed by atoms with Gasteiger partial charge in [0.1, 0.15) is 5.02 Å². The second kappa shape index (κ2) is 15.3. The highest BCUT2D eigenvalue weighted by Crippen LogP contribution is 2.29. The highest BCUT2D eigenvalue weighted by molar-refractivity contribution is 6.32. The number of likely N-dealkylation sites (N-methyl/N-ethyl adjacent to an activating group) is 1. The maximum atomic E-state index is 13.1. The molecule has 0 spiro atoms. The normalized spacial score (nSPS) is 12.7. The summed E-state index contributed by atoms with van der Waals surface area (Å²) in [5.41, 5.74) is 1.25. The molecule has 1 aliphatic rings. The van der Waals surface area contributed by atoms with Crippen LogP contribution in [0.5, 0.6) is 5.75 Å². The van der Waals surface area contributed by atoms with Crippen LogP contribution in [0.2, 0.25) is 5.02 Å². The molecule has 1 aliphatic heterocycles. The predicted molar refractivity (Wildman–Crippen MR) is 162 cm³/mol. The molecule has 3 aromatic rings. The Hall–Kier alpha value is -3.33. The number of pyridine rings is 1. The van der Waals surface area contributed by atoms with Gasteiger partial charge in [-0.1, -0.05) is 39.3 Å². The van der Waals surface area contributed by atoms with Crippen LogP contribution in [0.3, 0.4) is 0 Å². The molecule has 1 saturated heterocycles. The topological polar surface area (TPSA) is 92.6 Å². The summed E-state index contributed by atoms with van der Waals surface area (Å²) in [5, 5.41) is 4.50. The number of ether oxygens (including phenoxy) is 1. The largest absolute Gasteiger partial charge is 0.478 e. The smallest absolute Gasteiger partial charge is 0.293 e. The highest BCUT2D eigenvalue weighted by Gasteiger charge is 2.17. The molecule has 0 saturated carbocycles. The first kappa shape index (κ1) is 31.9. The van der Waals surface area contributed by atoms with Gasteiger partial charge in [-0.3, -0.25) is 9.59 Å². The Kier molecular flexibility index (Phi) is 12.5. The van der Waals surface area contributed by atoms with E-state index in [1.807, 2.05) is 59.7 Å². The number of carbonyl (C=O) groups excluding carboxylic acids is 1. The number of fused-ring (bicyclic) bond motifs is 1. The molecule has 9 nitrogen and oxygen atoms in total. The molecule has 1 amide bonds. The van der Waals surface area contributed by atoms with E-state index in [1.165, 1.54) is 11.3 Å². The summed E-state index contributed by atoms with van der Waals surface area (Å²) in [5.74, 6) is 1.09. The zero-order chi connectivity index (χ0) is 29.1. The van der Waals surface area contributed by atoms with Gasteiger partial charge < -0.3 is 24.4 Å². The molecule has 4 rings (SSSR count). The summed E-state index contributed by atoms with van der Waals surface area (Å²) in [6.07, 6.45) is 5.10. The van der Waals surface area contributed by atoms with E-state index in [9.17, 15) is 9.59 Å². The summed E-state index contributed by atoms with van der Waals surface area (Å²) >= 11 is 6.41. The van der Waals surface area contributed by atoms with Gasteiger partial charge in [0.05, 0.1) is 11.7 Å². The van der Waals surface area contributed by atoms with Crippen molar-refractivity contribution in [3.05, 3.63) is 45.8 Å². The first-order valence-electron chi connectivity index (χ1n) is 13.8. The summed E-state index contributed by atoms with van der Waals surface area (Å²) < 4.78 is 7.29. The minimum absolute atomic E-state index is 0.0969. The van der Waals surface area contributed by atoms with E-state index in [0.717, 1.165) is 42.5 Å². The van der Waals surface area contributed by atoms with E-state index in [4.69, 9.17) is 16.3 Å². The Balaban J connectivity index is 0.00000127. The SMILES string of the molecule is CC.CC.CC(C)n1c(=O)c(OCC(=O)N(C)C)cc2cc(Nc3nc(N4CCCCC4)ncc3Cl)ccc21. The molecule has 0 atom stereocenters. The number of nitrogens with one attached hydrogen (secondary N) is 1. The average molecular weight is 559 g/mol. The standard InChI is InChI=1S/C25H31ClN6O3.2C2H6/c1-16(2)32-20-9-8-18(12-17(20)13-21(24(32)34)35-15-22(33)30(3)4)28-23-19(26)14-27-25(29-23)31-10-6-5-7-11-31;2*1-2/h8-9,12-14,16H,5-7,10-11,15H2,1-4H3,(H,27,28,29);2*1-2H3. The quantitative estimate of drug-likeness (QED) is 0.365. The zero-order valence-corrected chi connectivity index (χ0v) is 25.3. The molecule has 39 heavy (non-hydrogen) atoms. The van der Waals surface area contributed by atoms with E-state index in [1.54, 1.807) is 30.9 Å². The number of aromatic nitrogens is 3. The van der Waals surface area contributed by atoms with Crippen LogP contribution in [-0.4, -0.2) is 59.1 Å². The minimum Gasteiger partial charge on any atom is -0.478 e. The van der Waals surface area contributed by atoms with Gasteiger partial charge in [-0.2, -0.15) is 4.98 Å². The molecule has 1 fully saturated rings. The van der Waals surface area contributed by atoms with E-state index in [-0.39, 0.29) is 29.9 Å². The third-order valence-electron chi connectivity index (χ3n) is 6.00. The van der Waals surface area contributed by atoms with E-state index < -0.39 is 0 Å².